The number of amides is 1. The third-order valence-corrected chi connectivity index (χ3v) is 3.70. The van der Waals surface area contributed by atoms with Crippen LogP contribution in [-0.2, 0) is 0 Å². The van der Waals surface area contributed by atoms with Gasteiger partial charge in [-0.2, -0.15) is 0 Å². The molecular weight excluding hydrogens is 269 g/mol. The normalized spacial score (nSPS) is 18.7. The number of methoxy groups -OCH3 is 1. The standard InChI is InChI=1S/C14H17ClFNO2/c1-19-13-5-4-10(9-12(13)16)14(18)17-8-2-3-11(17)6-7-15/h4-5,9,11H,2-3,6-8H2,1H3. The molecule has 1 atom stereocenters. The summed E-state index contributed by atoms with van der Waals surface area (Å²) >= 11 is 5.75. The van der Waals surface area contributed by atoms with Gasteiger partial charge in [-0.25, -0.2) is 4.39 Å². The lowest BCUT2D eigenvalue weighted by atomic mass is 10.1. The van der Waals surface area contributed by atoms with Gasteiger partial charge in [-0.05, 0) is 37.5 Å². The van der Waals surface area contributed by atoms with E-state index in [1.807, 2.05) is 0 Å². The van der Waals surface area contributed by atoms with Gasteiger partial charge < -0.3 is 9.64 Å². The van der Waals surface area contributed by atoms with Crippen molar-refractivity contribution < 1.29 is 13.9 Å². The second-order valence-corrected chi connectivity index (χ2v) is 5.00. The Labute approximate surface area is 117 Å². The number of hydrogen-bond acceptors (Lipinski definition) is 2. The molecule has 1 aliphatic rings. The highest BCUT2D eigenvalue weighted by atomic mass is 35.5. The molecule has 3 nitrogen and oxygen atoms in total. The summed E-state index contributed by atoms with van der Waals surface area (Å²) in [5.74, 6) is 0.0386. The quantitative estimate of drug-likeness (QED) is 0.796. The Morgan fingerprint density at radius 3 is 3.00 bits per heavy atom. The number of ether oxygens (including phenoxy) is 1. The van der Waals surface area contributed by atoms with Crippen LogP contribution < -0.4 is 4.74 Å². The molecule has 2 rings (SSSR count). The van der Waals surface area contributed by atoms with Crippen LogP contribution in [0, 0.1) is 5.82 Å². The zero-order valence-electron chi connectivity index (χ0n) is 10.9. The first-order valence-electron chi connectivity index (χ1n) is 6.38. The Balaban J connectivity index is 2.17. The summed E-state index contributed by atoms with van der Waals surface area (Å²) in [6.45, 7) is 0.716. The number of nitrogens with zero attached hydrogens (tertiary/aromatic N) is 1. The van der Waals surface area contributed by atoms with Crippen LogP contribution in [-0.4, -0.2) is 36.4 Å². The van der Waals surface area contributed by atoms with Gasteiger partial charge >= 0.3 is 0 Å². The molecule has 0 aromatic heterocycles. The summed E-state index contributed by atoms with van der Waals surface area (Å²) in [4.78, 5) is 14.2. The van der Waals surface area contributed by atoms with Gasteiger partial charge in [-0.15, -0.1) is 11.6 Å². The first-order valence-corrected chi connectivity index (χ1v) is 6.91. The first-order chi connectivity index (χ1) is 9.17. The van der Waals surface area contributed by atoms with Gasteiger partial charge in [0.25, 0.3) is 5.91 Å². The molecule has 5 heteroatoms. The lowest BCUT2D eigenvalue weighted by Gasteiger charge is -2.24. The number of alkyl halides is 1. The number of benzene rings is 1. The van der Waals surface area contributed by atoms with Crippen molar-refractivity contribution in [2.45, 2.75) is 25.3 Å². The highest BCUT2D eigenvalue weighted by molar-refractivity contribution is 6.17. The van der Waals surface area contributed by atoms with Crippen LogP contribution in [0.3, 0.4) is 0 Å². The number of carbonyl (C=O) groups is 1. The third-order valence-electron chi connectivity index (χ3n) is 3.48. The number of likely N-dealkylation sites (tertiary alicyclic amines) is 1. The fourth-order valence-electron chi connectivity index (χ4n) is 2.49. The second kappa shape index (κ2) is 6.24. The monoisotopic (exact) mass is 285 g/mol. The molecular formula is C14H17ClFNO2. The van der Waals surface area contributed by atoms with Gasteiger partial charge in [-0.1, -0.05) is 0 Å². The van der Waals surface area contributed by atoms with Gasteiger partial charge in [0.15, 0.2) is 11.6 Å². The molecule has 1 aromatic carbocycles. The van der Waals surface area contributed by atoms with E-state index in [9.17, 15) is 9.18 Å². The largest absolute Gasteiger partial charge is 0.494 e. The maximum atomic E-state index is 13.6. The zero-order valence-corrected chi connectivity index (χ0v) is 11.6. The average molecular weight is 286 g/mol. The minimum atomic E-state index is -0.513. The smallest absolute Gasteiger partial charge is 0.254 e. The van der Waals surface area contributed by atoms with Crippen LogP contribution in [0.25, 0.3) is 0 Å². The van der Waals surface area contributed by atoms with E-state index in [1.54, 1.807) is 11.0 Å². The third kappa shape index (κ3) is 3.00. The summed E-state index contributed by atoms with van der Waals surface area (Å²) < 4.78 is 18.5. The maximum Gasteiger partial charge on any atom is 0.254 e. The fourth-order valence-corrected chi connectivity index (χ4v) is 2.75. The Morgan fingerprint density at radius 2 is 2.37 bits per heavy atom. The fraction of sp³-hybridized carbons (Fsp3) is 0.500. The van der Waals surface area contributed by atoms with E-state index >= 15 is 0 Å². The molecule has 1 aromatic rings. The van der Waals surface area contributed by atoms with E-state index in [4.69, 9.17) is 16.3 Å². The van der Waals surface area contributed by atoms with Gasteiger partial charge in [-0.3, -0.25) is 4.79 Å². The lowest BCUT2D eigenvalue weighted by molar-refractivity contribution is 0.0733. The molecule has 0 spiro atoms. The van der Waals surface area contributed by atoms with Gasteiger partial charge in [0.2, 0.25) is 0 Å². The summed E-state index contributed by atoms with van der Waals surface area (Å²) in [6.07, 6.45) is 2.73. The lowest BCUT2D eigenvalue weighted by Crippen LogP contribution is -2.35. The predicted octanol–water partition coefficient (Wildman–Crippen LogP) is 3.07. The van der Waals surface area contributed by atoms with Crippen molar-refractivity contribution in [1.82, 2.24) is 4.90 Å². The van der Waals surface area contributed by atoms with E-state index in [0.717, 1.165) is 19.3 Å². The number of rotatable bonds is 4. The van der Waals surface area contributed by atoms with Crippen molar-refractivity contribution in [3.05, 3.63) is 29.6 Å². The molecule has 19 heavy (non-hydrogen) atoms. The van der Waals surface area contributed by atoms with E-state index < -0.39 is 5.82 Å². The molecule has 1 fully saturated rings. The number of carbonyl (C=O) groups excluding carboxylic acids is 1. The SMILES string of the molecule is COc1ccc(C(=O)N2CCCC2CCCl)cc1F. The minimum Gasteiger partial charge on any atom is -0.494 e. The van der Waals surface area contributed by atoms with Crippen molar-refractivity contribution >= 4 is 17.5 Å². The minimum absolute atomic E-state index is 0.130. The number of halogens is 2. The highest BCUT2D eigenvalue weighted by Gasteiger charge is 2.29. The van der Waals surface area contributed by atoms with Crippen molar-refractivity contribution in [2.24, 2.45) is 0 Å². The Kier molecular flexibility index (Phi) is 4.64. The molecule has 1 unspecified atom stereocenters. The summed E-state index contributed by atoms with van der Waals surface area (Å²) in [7, 11) is 1.40. The molecule has 0 bridgehead atoms. The van der Waals surface area contributed by atoms with Crippen LogP contribution in [0.15, 0.2) is 18.2 Å². The van der Waals surface area contributed by atoms with Crippen molar-refractivity contribution in [3.63, 3.8) is 0 Å². The first kappa shape index (κ1) is 14.1. The molecule has 0 radical (unpaired) electrons. The second-order valence-electron chi connectivity index (χ2n) is 4.62. The summed E-state index contributed by atoms with van der Waals surface area (Å²) in [5.41, 5.74) is 0.361. The molecule has 0 aliphatic carbocycles. The summed E-state index contributed by atoms with van der Waals surface area (Å²) in [6, 6.07) is 4.49. The Bertz CT molecular complexity index is 467. The zero-order chi connectivity index (χ0) is 13.8. The molecule has 1 aliphatic heterocycles. The van der Waals surface area contributed by atoms with Crippen LogP contribution >= 0.6 is 11.6 Å². The van der Waals surface area contributed by atoms with Gasteiger partial charge in [0.1, 0.15) is 0 Å². The van der Waals surface area contributed by atoms with Crippen LogP contribution in [0.1, 0.15) is 29.6 Å². The topological polar surface area (TPSA) is 29.5 Å². The van der Waals surface area contributed by atoms with E-state index in [2.05, 4.69) is 0 Å². The average Bonchev–Trinajstić information content (AvgIpc) is 2.86. The molecule has 1 saturated heterocycles. The van der Waals surface area contributed by atoms with Crippen LogP contribution in [0.5, 0.6) is 5.75 Å². The van der Waals surface area contributed by atoms with E-state index in [0.29, 0.717) is 18.0 Å². The summed E-state index contributed by atoms with van der Waals surface area (Å²) in [5, 5.41) is 0. The van der Waals surface area contributed by atoms with Crippen molar-refractivity contribution in [3.8, 4) is 5.75 Å². The van der Waals surface area contributed by atoms with Gasteiger partial charge in [0.05, 0.1) is 7.11 Å². The van der Waals surface area contributed by atoms with Crippen LogP contribution in [0.4, 0.5) is 4.39 Å². The predicted molar refractivity (Wildman–Crippen MR) is 72.3 cm³/mol. The number of hydrogen-bond donors (Lipinski definition) is 0. The van der Waals surface area contributed by atoms with Crippen molar-refractivity contribution in [2.75, 3.05) is 19.5 Å². The molecule has 104 valence electrons. The van der Waals surface area contributed by atoms with E-state index in [-0.39, 0.29) is 17.7 Å². The highest BCUT2D eigenvalue weighted by Crippen LogP contribution is 2.25. The Hall–Kier alpha value is -1.29. The van der Waals surface area contributed by atoms with Gasteiger partial charge in [0, 0.05) is 24.0 Å². The molecule has 1 heterocycles. The molecule has 0 N–H and O–H groups in total. The molecule has 0 saturated carbocycles. The maximum absolute atomic E-state index is 13.6. The van der Waals surface area contributed by atoms with Crippen LogP contribution in [0.2, 0.25) is 0 Å². The van der Waals surface area contributed by atoms with E-state index in [1.165, 1.54) is 19.2 Å². The van der Waals surface area contributed by atoms with Crippen molar-refractivity contribution in [1.29, 1.82) is 0 Å². The Morgan fingerprint density at radius 1 is 1.58 bits per heavy atom. The molecule has 1 amide bonds.